The minimum Gasteiger partial charge on any atom is -0.456 e. The molecule has 0 fully saturated rings. The van der Waals surface area contributed by atoms with Crippen LogP contribution in [-0.2, 0) is 0 Å². The Morgan fingerprint density at radius 2 is 1.12 bits per heavy atom. The van der Waals surface area contributed by atoms with Crippen LogP contribution in [0.5, 0.6) is 0 Å². The van der Waals surface area contributed by atoms with E-state index in [9.17, 15) is 0 Å². The lowest BCUT2D eigenvalue weighted by Crippen LogP contribution is -2.10. The van der Waals surface area contributed by atoms with Crippen LogP contribution in [0.25, 0.3) is 63.7 Å². The number of thiophene rings is 1. The Labute approximate surface area is 240 Å². The first-order chi connectivity index (χ1) is 20.3. The molecule has 7 aromatic carbocycles. The molecule has 41 heavy (non-hydrogen) atoms. The van der Waals surface area contributed by atoms with Crippen molar-refractivity contribution in [3.05, 3.63) is 140 Å². The highest BCUT2D eigenvalue weighted by atomic mass is 32.1. The number of rotatable bonds is 3. The Hall–Kier alpha value is -5.12. The van der Waals surface area contributed by atoms with Crippen LogP contribution < -0.4 is 4.90 Å². The fourth-order valence-electron chi connectivity index (χ4n) is 6.31. The van der Waals surface area contributed by atoms with Crippen molar-refractivity contribution in [2.45, 2.75) is 0 Å². The lowest BCUT2D eigenvalue weighted by atomic mass is 10.0. The van der Waals surface area contributed by atoms with Gasteiger partial charge in [-0.05, 0) is 65.4 Å². The highest BCUT2D eigenvalue weighted by Crippen LogP contribution is 2.47. The maximum Gasteiger partial charge on any atom is 0.135 e. The predicted molar refractivity (Wildman–Crippen MR) is 176 cm³/mol. The highest BCUT2D eigenvalue weighted by molar-refractivity contribution is 7.26. The van der Waals surface area contributed by atoms with E-state index in [4.69, 9.17) is 4.42 Å². The zero-order valence-electron chi connectivity index (χ0n) is 22.0. The predicted octanol–water partition coefficient (Wildman–Crippen LogP) is 11.7. The summed E-state index contributed by atoms with van der Waals surface area (Å²) in [5.41, 5.74) is 5.20. The summed E-state index contributed by atoms with van der Waals surface area (Å²) in [6, 6.07) is 50.1. The Kier molecular flexibility index (Phi) is 4.80. The molecule has 3 heteroatoms. The Bertz CT molecular complexity index is 2430. The molecule has 0 N–H and O–H groups in total. The van der Waals surface area contributed by atoms with Gasteiger partial charge in [0.25, 0.3) is 0 Å². The SMILES string of the molecule is c1ccc(N(c2ccc3oc4ccccc4c3c2)c2cc3c4cc5ccccc5cc4sc3c3ccccc23)cc1. The monoisotopic (exact) mass is 541 g/mol. The quantitative estimate of drug-likeness (QED) is 0.221. The van der Waals surface area contributed by atoms with Gasteiger partial charge in [-0.2, -0.15) is 0 Å². The highest BCUT2D eigenvalue weighted by Gasteiger charge is 2.20. The first-order valence-corrected chi connectivity index (χ1v) is 14.7. The zero-order valence-corrected chi connectivity index (χ0v) is 22.9. The number of nitrogens with zero attached hydrogens (tertiary/aromatic N) is 1. The Balaban J connectivity index is 1.38. The molecule has 0 bridgehead atoms. The van der Waals surface area contributed by atoms with Gasteiger partial charge >= 0.3 is 0 Å². The number of furan rings is 1. The zero-order chi connectivity index (χ0) is 26.9. The molecule has 0 aliphatic rings. The number of hydrogen-bond donors (Lipinski definition) is 0. The van der Waals surface area contributed by atoms with Gasteiger partial charge in [-0.1, -0.05) is 84.9 Å². The molecule has 0 unspecified atom stereocenters. The molecule has 192 valence electrons. The van der Waals surface area contributed by atoms with Crippen LogP contribution in [0.15, 0.2) is 144 Å². The van der Waals surface area contributed by atoms with Gasteiger partial charge in [-0.3, -0.25) is 0 Å². The molecule has 0 saturated heterocycles. The van der Waals surface area contributed by atoms with Gasteiger partial charge in [0.05, 0.1) is 5.69 Å². The molecule has 0 radical (unpaired) electrons. The van der Waals surface area contributed by atoms with Crippen molar-refractivity contribution in [1.82, 2.24) is 0 Å². The maximum absolute atomic E-state index is 6.18. The smallest absolute Gasteiger partial charge is 0.135 e. The average Bonchev–Trinajstić information content (AvgIpc) is 3.58. The van der Waals surface area contributed by atoms with Crippen LogP contribution in [0.1, 0.15) is 0 Å². The maximum atomic E-state index is 6.18. The number of hydrogen-bond acceptors (Lipinski definition) is 3. The number of fused-ring (bicyclic) bond motifs is 9. The summed E-state index contributed by atoms with van der Waals surface area (Å²) < 4.78 is 8.83. The second kappa shape index (κ2) is 8.69. The van der Waals surface area contributed by atoms with Gasteiger partial charge < -0.3 is 9.32 Å². The fraction of sp³-hybridized carbons (Fsp3) is 0. The molecule has 0 amide bonds. The summed E-state index contributed by atoms with van der Waals surface area (Å²) in [4.78, 5) is 2.40. The molecule has 0 spiro atoms. The summed E-state index contributed by atoms with van der Waals surface area (Å²) in [5.74, 6) is 0. The van der Waals surface area contributed by atoms with Gasteiger partial charge in [0.1, 0.15) is 11.2 Å². The number of anilines is 3. The molecule has 0 aliphatic heterocycles. The van der Waals surface area contributed by atoms with Gasteiger partial charge in [-0.25, -0.2) is 0 Å². The molecule has 0 aliphatic carbocycles. The average molecular weight is 542 g/mol. The number of para-hydroxylation sites is 2. The van der Waals surface area contributed by atoms with Crippen molar-refractivity contribution in [3.8, 4) is 0 Å². The first-order valence-electron chi connectivity index (χ1n) is 13.9. The summed E-state index contributed by atoms with van der Waals surface area (Å²) in [6.07, 6.45) is 0. The van der Waals surface area contributed by atoms with Crippen LogP contribution in [0, 0.1) is 0 Å². The Morgan fingerprint density at radius 1 is 0.439 bits per heavy atom. The van der Waals surface area contributed by atoms with Crippen molar-refractivity contribution in [1.29, 1.82) is 0 Å². The molecule has 2 nitrogen and oxygen atoms in total. The van der Waals surface area contributed by atoms with E-state index < -0.39 is 0 Å². The van der Waals surface area contributed by atoms with Crippen LogP contribution in [0.3, 0.4) is 0 Å². The summed E-state index contributed by atoms with van der Waals surface area (Å²) in [6.45, 7) is 0. The normalized spacial score (nSPS) is 11.9. The van der Waals surface area contributed by atoms with E-state index in [0.29, 0.717) is 0 Å². The molecule has 9 rings (SSSR count). The van der Waals surface area contributed by atoms with Gasteiger partial charge in [-0.15, -0.1) is 11.3 Å². The molecule has 2 heterocycles. The van der Waals surface area contributed by atoms with Crippen LogP contribution in [0.2, 0.25) is 0 Å². The van der Waals surface area contributed by atoms with Crippen molar-refractivity contribution in [2.24, 2.45) is 0 Å². The number of benzene rings is 7. The molecule has 0 saturated carbocycles. The topological polar surface area (TPSA) is 16.4 Å². The van der Waals surface area contributed by atoms with Crippen LogP contribution in [-0.4, -0.2) is 0 Å². The fourth-order valence-corrected chi connectivity index (χ4v) is 7.56. The van der Waals surface area contributed by atoms with Crippen LogP contribution in [0.4, 0.5) is 17.1 Å². The van der Waals surface area contributed by atoms with E-state index >= 15 is 0 Å². The van der Waals surface area contributed by atoms with Crippen molar-refractivity contribution in [3.63, 3.8) is 0 Å². The summed E-state index contributed by atoms with van der Waals surface area (Å²) in [5, 5.41) is 9.91. The first kappa shape index (κ1) is 22.7. The molecule has 9 aromatic rings. The molecular weight excluding hydrogens is 518 g/mol. The van der Waals surface area contributed by atoms with Gasteiger partial charge in [0, 0.05) is 53.1 Å². The second-order valence-corrected chi connectivity index (χ2v) is 11.6. The second-order valence-electron chi connectivity index (χ2n) is 10.6. The van der Waals surface area contributed by atoms with E-state index in [1.807, 2.05) is 23.5 Å². The minimum absolute atomic E-state index is 0.902. The van der Waals surface area contributed by atoms with E-state index in [-0.39, 0.29) is 0 Å². The largest absolute Gasteiger partial charge is 0.456 e. The van der Waals surface area contributed by atoms with E-state index in [1.54, 1.807) is 0 Å². The molecule has 2 aromatic heterocycles. The summed E-state index contributed by atoms with van der Waals surface area (Å²) >= 11 is 1.89. The van der Waals surface area contributed by atoms with Gasteiger partial charge in [0.15, 0.2) is 0 Å². The van der Waals surface area contributed by atoms with Crippen molar-refractivity contribution >= 4 is 92.1 Å². The standard InChI is InChI=1S/C38H23NOS/c1-2-12-26(13-3-1)39(27-18-19-36-31(22-27)29-15-8-9-17-35(29)40-36)34-23-33-32-20-24-10-4-5-11-25(24)21-37(32)41-38(33)30-16-7-6-14-28(30)34/h1-23H. The summed E-state index contributed by atoms with van der Waals surface area (Å²) in [7, 11) is 0. The minimum atomic E-state index is 0.902. The van der Waals surface area contributed by atoms with E-state index in [0.717, 1.165) is 33.3 Å². The van der Waals surface area contributed by atoms with E-state index in [2.05, 4.69) is 132 Å². The van der Waals surface area contributed by atoms with E-state index in [1.165, 1.54) is 47.4 Å². The lowest BCUT2D eigenvalue weighted by Gasteiger charge is -2.27. The lowest BCUT2D eigenvalue weighted by molar-refractivity contribution is 0.669. The third-order valence-corrected chi connectivity index (χ3v) is 9.40. The third-order valence-electron chi connectivity index (χ3n) is 8.20. The molecule has 0 atom stereocenters. The third kappa shape index (κ3) is 3.43. The van der Waals surface area contributed by atoms with Gasteiger partial charge in [0.2, 0.25) is 0 Å². The van der Waals surface area contributed by atoms with Crippen molar-refractivity contribution in [2.75, 3.05) is 4.90 Å². The van der Waals surface area contributed by atoms with Crippen molar-refractivity contribution < 1.29 is 4.42 Å². The Morgan fingerprint density at radius 3 is 1.98 bits per heavy atom. The van der Waals surface area contributed by atoms with Crippen LogP contribution >= 0.6 is 11.3 Å². The molecular formula is C38H23NOS.